The Morgan fingerprint density at radius 2 is 1.94 bits per heavy atom. The van der Waals surface area contributed by atoms with Gasteiger partial charge in [0.15, 0.2) is 0 Å². The van der Waals surface area contributed by atoms with Crippen LogP contribution in [-0.4, -0.2) is 16.7 Å². The van der Waals surface area contributed by atoms with E-state index >= 15 is 0 Å². The van der Waals surface area contributed by atoms with Crippen LogP contribution in [0.3, 0.4) is 0 Å². The van der Waals surface area contributed by atoms with Gasteiger partial charge in [-0.15, -0.1) is 0 Å². The molecule has 0 aliphatic carbocycles. The van der Waals surface area contributed by atoms with Crippen LogP contribution in [0, 0.1) is 6.92 Å². The molecule has 1 aromatic heterocycles. The van der Waals surface area contributed by atoms with Crippen LogP contribution in [-0.2, 0) is 5.66 Å². The summed E-state index contributed by atoms with van der Waals surface area (Å²) >= 11 is 0. The quantitative estimate of drug-likeness (QED) is 0.832. The number of nitrogens with one attached hydrogen (secondary N) is 1. The van der Waals surface area contributed by atoms with E-state index in [4.69, 9.17) is 0 Å². The lowest BCUT2D eigenvalue weighted by molar-refractivity contribution is -0.155. The maximum atomic E-state index is 12.5. The van der Waals surface area contributed by atoms with Crippen LogP contribution in [0.4, 0.5) is 13.2 Å². The zero-order valence-corrected chi connectivity index (χ0v) is 9.76. The van der Waals surface area contributed by atoms with Crippen molar-refractivity contribution in [2.75, 3.05) is 0 Å². The molecule has 4 nitrogen and oxygen atoms in total. The summed E-state index contributed by atoms with van der Waals surface area (Å²) in [6, 6.07) is 2.78. The van der Waals surface area contributed by atoms with Crippen molar-refractivity contribution in [1.82, 2.24) is 9.88 Å². The fraction of sp³-hybridized carbons (Fsp3) is 0.455. The second-order valence-corrected chi connectivity index (χ2v) is 4.56. The minimum absolute atomic E-state index is 0.0441. The molecule has 0 bridgehead atoms. The Balaban J connectivity index is 2.62. The van der Waals surface area contributed by atoms with Crippen molar-refractivity contribution >= 4 is 5.91 Å². The smallest absolute Gasteiger partial charge is 0.327 e. The first kappa shape index (κ1) is 12.7. The van der Waals surface area contributed by atoms with Crippen LogP contribution < -0.4 is 10.9 Å². The van der Waals surface area contributed by atoms with Crippen molar-refractivity contribution in [3.8, 4) is 0 Å². The molecule has 1 unspecified atom stereocenters. The number of aryl methyl sites for hydroxylation is 1. The fourth-order valence-corrected chi connectivity index (χ4v) is 2.18. The molecule has 1 amide bonds. The molecule has 98 valence electrons. The zero-order chi connectivity index (χ0) is 13.7. The number of carbonyl (C=O) groups excluding carboxylic acids is 1. The molecule has 0 radical (unpaired) electrons. The number of hydrogen-bond acceptors (Lipinski definition) is 2. The van der Waals surface area contributed by atoms with Crippen LogP contribution in [0.5, 0.6) is 0 Å². The summed E-state index contributed by atoms with van der Waals surface area (Å²) in [4.78, 5) is 23.5. The summed E-state index contributed by atoms with van der Waals surface area (Å²) in [5, 5.41) is 2.22. The third-order valence-electron chi connectivity index (χ3n) is 2.93. The van der Waals surface area contributed by atoms with Gasteiger partial charge in [0.25, 0.3) is 11.5 Å². The Bertz CT molecular complexity index is 577. The van der Waals surface area contributed by atoms with E-state index in [9.17, 15) is 22.8 Å². The maximum absolute atomic E-state index is 12.5. The number of carbonyl (C=O) groups is 1. The molecule has 0 saturated heterocycles. The highest BCUT2D eigenvalue weighted by Crippen LogP contribution is 2.33. The average Bonchev–Trinajstić information content (AvgIpc) is 2.41. The van der Waals surface area contributed by atoms with Gasteiger partial charge in [-0.05, 0) is 19.9 Å². The van der Waals surface area contributed by atoms with Crippen molar-refractivity contribution in [3.63, 3.8) is 0 Å². The third kappa shape index (κ3) is 1.89. The van der Waals surface area contributed by atoms with E-state index in [0.29, 0.717) is 5.56 Å². The summed E-state index contributed by atoms with van der Waals surface area (Å²) in [7, 11) is 0. The van der Waals surface area contributed by atoms with Crippen LogP contribution in [0.1, 0.15) is 29.4 Å². The van der Waals surface area contributed by atoms with Gasteiger partial charge in [0, 0.05) is 5.56 Å². The van der Waals surface area contributed by atoms with E-state index < -0.39 is 29.7 Å². The Kier molecular flexibility index (Phi) is 2.53. The maximum Gasteiger partial charge on any atom is 0.393 e. The molecule has 0 fully saturated rings. The number of aromatic nitrogens is 1. The number of alkyl halides is 3. The molecular weight excluding hydrogens is 249 g/mol. The van der Waals surface area contributed by atoms with Gasteiger partial charge >= 0.3 is 6.18 Å². The summed E-state index contributed by atoms with van der Waals surface area (Å²) in [6.07, 6.45) is -5.77. The molecule has 1 aromatic rings. The molecule has 2 heterocycles. The number of halogens is 3. The van der Waals surface area contributed by atoms with Gasteiger partial charge in [0.1, 0.15) is 11.4 Å². The molecule has 0 spiro atoms. The van der Waals surface area contributed by atoms with Crippen molar-refractivity contribution in [2.45, 2.75) is 32.1 Å². The summed E-state index contributed by atoms with van der Waals surface area (Å²) in [5.41, 5.74) is -2.09. The number of rotatable bonds is 1. The van der Waals surface area contributed by atoms with E-state index in [1.54, 1.807) is 0 Å². The van der Waals surface area contributed by atoms with E-state index in [-0.39, 0.29) is 5.69 Å². The lowest BCUT2D eigenvalue weighted by atomic mass is 10.1. The molecule has 1 aliphatic heterocycles. The number of amides is 1. The van der Waals surface area contributed by atoms with Gasteiger partial charge in [-0.3, -0.25) is 14.2 Å². The molecular formula is C11H11F3N2O2. The van der Waals surface area contributed by atoms with Crippen LogP contribution >= 0.6 is 0 Å². The number of pyridine rings is 1. The standard InChI is InChI=1S/C11H11F3N2O2/c1-6-3-4-7-8(17)15-10(2,5-11(12,13)14)16(7)9(6)18/h3-4H,5H2,1-2H3,(H,15,17). The average molecular weight is 260 g/mol. The summed E-state index contributed by atoms with van der Waals surface area (Å²) < 4.78 is 38.5. The topological polar surface area (TPSA) is 51.1 Å². The van der Waals surface area contributed by atoms with Gasteiger partial charge in [-0.25, -0.2) is 0 Å². The predicted octanol–water partition coefficient (Wildman–Crippen LogP) is 1.53. The largest absolute Gasteiger partial charge is 0.393 e. The van der Waals surface area contributed by atoms with Gasteiger partial charge < -0.3 is 5.32 Å². The lowest BCUT2D eigenvalue weighted by Crippen LogP contribution is -2.48. The predicted molar refractivity (Wildman–Crippen MR) is 57.2 cm³/mol. The minimum Gasteiger partial charge on any atom is -0.327 e. The highest BCUT2D eigenvalue weighted by atomic mass is 19.4. The van der Waals surface area contributed by atoms with E-state index in [1.165, 1.54) is 26.0 Å². The summed E-state index contributed by atoms with van der Waals surface area (Å²) in [6.45, 7) is 2.68. The van der Waals surface area contributed by atoms with Crippen molar-refractivity contribution < 1.29 is 18.0 Å². The van der Waals surface area contributed by atoms with Crippen molar-refractivity contribution in [3.05, 3.63) is 33.7 Å². The Morgan fingerprint density at radius 1 is 1.33 bits per heavy atom. The number of nitrogens with zero attached hydrogens (tertiary/aromatic N) is 1. The van der Waals surface area contributed by atoms with Crippen LogP contribution in [0.25, 0.3) is 0 Å². The minimum atomic E-state index is -4.48. The van der Waals surface area contributed by atoms with E-state index in [1.807, 2.05) is 0 Å². The molecule has 7 heteroatoms. The van der Waals surface area contributed by atoms with E-state index in [2.05, 4.69) is 5.32 Å². The van der Waals surface area contributed by atoms with Gasteiger partial charge in [-0.1, -0.05) is 6.07 Å². The summed E-state index contributed by atoms with van der Waals surface area (Å²) in [5.74, 6) is -0.668. The zero-order valence-electron chi connectivity index (χ0n) is 9.76. The normalized spacial score (nSPS) is 22.8. The van der Waals surface area contributed by atoms with Crippen molar-refractivity contribution in [1.29, 1.82) is 0 Å². The highest BCUT2D eigenvalue weighted by Gasteiger charge is 2.47. The SMILES string of the molecule is Cc1ccc2n(c1=O)C(C)(CC(F)(F)F)NC2=O. The Morgan fingerprint density at radius 3 is 2.50 bits per heavy atom. The Hall–Kier alpha value is -1.79. The van der Waals surface area contributed by atoms with E-state index in [0.717, 1.165) is 4.57 Å². The first-order chi connectivity index (χ1) is 8.14. The molecule has 2 rings (SSSR count). The third-order valence-corrected chi connectivity index (χ3v) is 2.93. The number of hydrogen-bond donors (Lipinski definition) is 1. The molecule has 0 saturated carbocycles. The number of fused-ring (bicyclic) bond motifs is 1. The molecule has 1 atom stereocenters. The van der Waals surface area contributed by atoms with Gasteiger partial charge in [0.2, 0.25) is 0 Å². The van der Waals surface area contributed by atoms with Gasteiger partial charge in [0.05, 0.1) is 6.42 Å². The van der Waals surface area contributed by atoms with Crippen molar-refractivity contribution in [2.24, 2.45) is 0 Å². The lowest BCUT2D eigenvalue weighted by Gasteiger charge is -2.28. The first-order valence-corrected chi connectivity index (χ1v) is 5.26. The molecule has 18 heavy (non-hydrogen) atoms. The van der Waals surface area contributed by atoms with Crippen LogP contribution in [0.2, 0.25) is 0 Å². The fourth-order valence-electron chi connectivity index (χ4n) is 2.18. The van der Waals surface area contributed by atoms with Gasteiger partial charge in [-0.2, -0.15) is 13.2 Å². The second kappa shape index (κ2) is 3.60. The highest BCUT2D eigenvalue weighted by molar-refractivity contribution is 5.95. The molecule has 1 aliphatic rings. The first-order valence-electron chi connectivity index (χ1n) is 5.26. The van der Waals surface area contributed by atoms with Crippen LogP contribution in [0.15, 0.2) is 16.9 Å². The molecule has 0 aromatic carbocycles. The Labute approximate surface area is 100 Å². The monoisotopic (exact) mass is 260 g/mol. The molecule has 1 N–H and O–H groups in total. The second-order valence-electron chi connectivity index (χ2n) is 4.56.